The zero-order chi connectivity index (χ0) is 7.82. The monoisotopic (exact) mass is 156 g/mol. The Kier molecular flexibility index (Phi) is 6.33. The van der Waals surface area contributed by atoms with Gasteiger partial charge in [0.25, 0.3) is 0 Å². The third kappa shape index (κ3) is 3.54. The van der Waals surface area contributed by atoms with Crippen molar-refractivity contribution in [2.75, 3.05) is 0 Å². The van der Waals surface area contributed by atoms with Gasteiger partial charge in [0.1, 0.15) is 11.9 Å². The molecule has 0 atom stereocenters. The van der Waals surface area contributed by atoms with Crippen molar-refractivity contribution in [2.24, 2.45) is 0 Å². The first kappa shape index (κ1) is 9.53. The van der Waals surface area contributed by atoms with Gasteiger partial charge in [0.05, 0.1) is 4.90 Å². The Labute approximate surface area is 66.8 Å². The maximum absolute atomic E-state index is 3.67. The molecule has 0 saturated carbocycles. The number of benzene rings is 1. The van der Waals surface area contributed by atoms with Crippen LogP contribution in [0.1, 0.15) is 13.8 Å². The second-order valence-electron chi connectivity index (χ2n) is 1.46. The van der Waals surface area contributed by atoms with Crippen LogP contribution in [0.15, 0.2) is 35.2 Å². The lowest BCUT2D eigenvalue weighted by molar-refractivity contribution is -0.137. The summed E-state index contributed by atoms with van der Waals surface area (Å²) < 4.78 is 0. The van der Waals surface area contributed by atoms with E-state index in [9.17, 15) is 0 Å². The quantitative estimate of drug-likeness (QED) is 0.618. The molecule has 1 nitrogen and oxygen atoms in total. The summed E-state index contributed by atoms with van der Waals surface area (Å²) in [7, 11) is 0. The highest BCUT2D eigenvalue weighted by atomic mass is 32.2. The largest absolute Gasteiger partial charge is 0.292 e. The van der Waals surface area contributed by atoms with Gasteiger partial charge in [-0.2, -0.15) is 0 Å². The molecule has 0 spiro atoms. The maximum Gasteiger partial charge on any atom is 0.107 e. The van der Waals surface area contributed by atoms with Gasteiger partial charge >= 0.3 is 0 Å². The molecule has 0 aliphatic heterocycles. The van der Waals surface area contributed by atoms with E-state index in [-0.39, 0.29) is 0 Å². The van der Waals surface area contributed by atoms with Crippen LogP contribution in [0.4, 0.5) is 0 Å². The average Bonchev–Trinajstić information content (AvgIpc) is 2.10. The molecule has 0 fully saturated rings. The highest BCUT2D eigenvalue weighted by Crippen LogP contribution is 2.06. The first-order valence-electron chi connectivity index (χ1n) is 3.40. The second kappa shape index (κ2) is 6.65. The Bertz CT molecular complexity index is 151. The van der Waals surface area contributed by atoms with Crippen molar-refractivity contribution in [1.29, 1.82) is 0 Å². The fourth-order valence-electron chi connectivity index (χ4n) is 0.517. The molecular weight excluding hydrogens is 142 g/mol. The molecular formula is C8H14NS+. The van der Waals surface area contributed by atoms with Crippen LogP contribution in [0.25, 0.3) is 0 Å². The summed E-state index contributed by atoms with van der Waals surface area (Å²) in [6.45, 7) is 4.00. The van der Waals surface area contributed by atoms with E-state index in [0.717, 1.165) is 0 Å². The van der Waals surface area contributed by atoms with Gasteiger partial charge in [0.2, 0.25) is 0 Å². The molecule has 2 heteroatoms. The lowest BCUT2D eigenvalue weighted by atomic mass is 10.4. The molecule has 0 aliphatic carbocycles. The van der Waals surface area contributed by atoms with Gasteiger partial charge < -0.3 is 0 Å². The third-order valence-electron chi connectivity index (χ3n) is 0.910. The summed E-state index contributed by atoms with van der Waals surface area (Å²) in [5.74, 6) is 0. The van der Waals surface area contributed by atoms with Gasteiger partial charge in [-0.3, -0.25) is 5.14 Å². The average molecular weight is 156 g/mol. The summed E-state index contributed by atoms with van der Waals surface area (Å²) >= 11 is 1.52. The molecule has 1 rings (SSSR count). The normalized spacial score (nSPS) is 7.90. The van der Waals surface area contributed by atoms with Crippen LogP contribution in [0.2, 0.25) is 0 Å². The molecule has 0 aliphatic rings. The first-order valence-corrected chi connectivity index (χ1v) is 4.39. The van der Waals surface area contributed by atoms with E-state index in [1.54, 1.807) is 0 Å². The van der Waals surface area contributed by atoms with Crippen molar-refractivity contribution in [3.8, 4) is 0 Å². The van der Waals surface area contributed by atoms with Crippen LogP contribution < -0.4 is 5.14 Å². The predicted octanol–water partition coefficient (Wildman–Crippen LogP) is 1.96. The standard InChI is InChI=1S/C6H7NS.C2H6/c7-8-6-4-2-1-3-5-6;1-2/h1-5H,7H2;1-2H3/p+1. The molecule has 10 heavy (non-hydrogen) atoms. The molecule has 0 unspecified atom stereocenters. The zero-order valence-corrected chi connectivity index (χ0v) is 7.32. The molecule has 56 valence electrons. The minimum atomic E-state index is 1.22. The molecule has 0 bridgehead atoms. The van der Waals surface area contributed by atoms with Crippen LogP contribution in [-0.2, 0) is 0 Å². The molecule has 0 radical (unpaired) electrons. The minimum Gasteiger partial charge on any atom is -0.292 e. The van der Waals surface area contributed by atoms with Gasteiger partial charge in [-0.1, -0.05) is 32.0 Å². The molecule has 0 heterocycles. The van der Waals surface area contributed by atoms with E-state index in [1.807, 2.05) is 44.2 Å². The fraction of sp³-hybridized carbons (Fsp3) is 0.250. The molecule has 0 amide bonds. The van der Waals surface area contributed by atoms with Crippen molar-refractivity contribution in [3.63, 3.8) is 0 Å². The minimum absolute atomic E-state index is 1.22. The summed E-state index contributed by atoms with van der Waals surface area (Å²) in [5.41, 5.74) is 0. The molecule has 3 N–H and O–H groups in total. The lowest BCUT2D eigenvalue weighted by Gasteiger charge is -1.85. The Morgan fingerprint density at radius 1 is 1.10 bits per heavy atom. The molecule has 1 aromatic carbocycles. The Hall–Kier alpha value is -0.470. The van der Waals surface area contributed by atoms with Crippen LogP contribution in [0.5, 0.6) is 0 Å². The summed E-state index contributed by atoms with van der Waals surface area (Å²) in [6.07, 6.45) is 0. The molecule has 1 aromatic rings. The third-order valence-corrected chi connectivity index (χ3v) is 1.52. The zero-order valence-electron chi connectivity index (χ0n) is 6.50. The molecule has 0 saturated heterocycles. The van der Waals surface area contributed by atoms with Crippen molar-refractivity contribution < 1.29 is 5.14 Å². The van der Waals surface area contributed by atoms with E-state index >= 15 is 0 Å². The van der Waals surface area contributed by atoms with Gasteiger partial charge in [-0.05, 0) is 12.1 Å². The summed E-state index contributed by atoms with van der Waals surface area (Å²) in [4.78, 5) is 1.22. The van der Waals surface area contributed by atoms with Crippen molar-refractivity contribution >= 4 is 11.9 Å². The Balaban J connectivity index is 0.000000371. The summed E-state index contributed by atoms with van der Waals surface area (Å²) in [5, 5.41) is 3.67. The topological polar surface area (TPSA) is 27.6 Å². The van der Waals surface area contributed by atoms with Crippen molar-refractivity contribution in [3.05, 3.63) is 30.3 Å². The smallest absolute Gasteiger partial charge is 0.107 e. The highest BCUT2D eigenvalue weighted by molar-refractivity contribution is 7.92. The lowest BCUT2D eigenvalue weighted by Crippen LogP contribution is -2.35. The van der Waals surface area contributed by atoms with Crippen LogP contribution in [0, 0.1) is 0 Å². The highest BCUT2D eigenvalue weighted by Gasteiger charge is 1.85. The number of hydrogen-bond acceptors (Lipinski definition) is 1. The fourth-order valence-corrected chi connectivity index (χ4v) is 0.866. The van der Waals surface area contributed by atoms with E-state index < -0.39 is 0 Å². The van der Waals surface area contributed by atoms with Gasteiger partial charge in [0, 0.05) is 0 Å². The maximum atomic E-state index is 3.67. The van der Waals surface area contributed by atoms with Crippen LogP contribution in [-0.4, -0.2) is 0 Å². The predicted molar refractivity (Wildman–Crippen MR) is 46.5 cm³/mol. The van der Waals surface area contributed by atoms with E-state index in [1.165, 1.54) is 16.8 Å². The van der Waals surface area contributed by atoms with Crippen LogP contribution in [0.3, 0.4) is 0 Å². The number of rotatable bonds is 1. The van der Waals surface area contributed by atoms with Gasteiger partial charge in [0.15, 0.2) is 0 Å². The summed E-state index contributed by atoms with van der Waals surface area (Å²) in [6, 6.07) is 10.1. The Morgan fingerprint density at radius 2 is 1.60 bits per heavy atom. The Morgan fingerprint density at radius 3 is 1.90 bits per heavy atom. The van der Waals surface area contributed by atoms with Gasteiger partial charge in [-0.25, -0.2) is 0 Å². The molecule has 0 aromatic heterocycles. The number of hydrogen-bond donors (Lipinski definition) is 1. The second-order valence-corrected chi connectivity index (χ2v) is 2.22. The van der Waals surface area contributed by atoms with E-state index in [0.29, 0.717) is 0 Å². The number of quaternary nitrogens is 1. The van der Waals surface area contributed by atoms with Crippen LogP contribution >= 0.6 is 11.9 Å². The van der Waals surface area contributed by atoms with E-state index in [2.05, 4.69) is 5.14 Å². The van der Waals surface area contributed by atoms with E-state index in [4.69, 9.17) is 0 Å². The first-order chi connectivity index (χ1) is 4.93. The van der Waals surface area contributed by atoms with Crippen molar-refractivity contribution in [2.45, 2.75) is 18.7 Å². The SMILES string of the molecule is CC.[NH3+]Sc1ccccc1. The van der Waals surface area contributed by atoms with Crippen molar-refractivity contribution in [1.82, 2.24) is 0 Å². The van der Waals surface area contributed by atoms with Gasteiger partial charge in [-0.15, -0.1) is 0 Å².